The summed E-state index contributed by atoms with van der Waals surface area (Å²) >= 11 is 7.68. The first kappa shape index (κ1) is 26.2. The van der Waals surface area contributed by atoms with Crippen molar-refractivity contribution in [3.8, 4) is 16.2 Å². The van der Waals surface area contributed by atoms with Gasteiger partial charge in [-0.1, -0.05) is 29.8 Å². The van der Waals surface area contributed by atoms with Crippen molar-refractivity contribution in [3.05, 3.63) is 88.8 Å². The lowest BCUT2D eigenvalue weighted by Crippen LogP contribution is -2.48. The smallest absolute Gasteiger partial charge is 0.249 e. The van der Waals surface area contributed by atoms with Crippen molar-refractivity contribution in [3.63, 3.8) is 0 Å². The molecule has 39 heavy (non-hydrogen) atoms. The third-order valence-corrected chi connectivity index (χ3v) is 10.9. The van der Waals surface area contributed by atoms with Crippen LogP contribution in [0, 0.1) is 0 Å². The van der Waals surface area contributed by atoms with E-state index in [1.54, 1.807) is 56.9 Å². The van der Waals surface area contributed by atoms with Crippen LogP contribution >= 0.6 is 22.9 Å². The SMILES string of the molecule is COc1ccc(COC2(c3ncc(-c4ccnc5c4ccn5S(=O)(=O)C4(C)C=C(Cl)C=CC4)s3)COC2)cc1. The Labute approximate surface area is 235 Å². The Bertz CT molecular complexity index is 1700. The predicted molar refractivity (Wildman–Crippen MR) is 152 cm³/mol. The number of nitrogens with zero attached hydrogens (tertiary/aromatic N) is 3. The molecule has 0 N–H and O–H groups in total. The van der Waals surface area contributed by atoms with E-state index in [0.29, 0.717) is 36.9 Å². The molecule has 202 valence electrons. The van der Waals surface area contributed by atoms with Gasteiger partial charge in [0.25, 0.3) is 0 Å². The molecule has 8 nitrogen and oxygen atoms in total. The number of fused-ring (bicyclic) bond motifs is 1. The fourth-order valence-electron chi connectivity index (χ4n) is 4.74. The fraction of sp³-hybridized carbons (Fsp3) is 0.286. The summed E-state index contributed by atoms with van der Waals surface area (Å²) in [5, 5.41) is 1.94. The summed E-state index contributed by atoms with van der Waals surface area (Å²) in [6, 6.07) is 11.4. The van der Waals surface area contributed by atoms with Crippen LogP contribution in [0.15, 0.2) is 78.2 Å². The number of methoxy groups -OCH3 is 1. The summed E-state index contributed by atoms with van der Waals surface area (Å²) in [5.41, 5.74) is 1.61. The quantitative estimate of drug-likeness (QED) is 0.265. The van der Waals surface area contributed by atoms with Gasteiger partial charge in [-0.15, -0.1) is 11.3 Å². The van der Waals surface area contributed by atoms with Crippen molar-refractivity contribution in [2.45, 2.75) is 30.3 Å². The molecule has 1 unspecified atom stereocenters. The highest BCUT2D eigenvalue weighted by molar-refractivity contribution is 7.91. The van der Waals surface area contributed by atoms with Gasteiger partial charge in [0, 0.05) is 34.6 Å². The van der Waals surface area contributed by atoms with Gasteiger partial charge in [0.15, 0.2) is 11.2 Å². The van der Waals surface area contributed by atoms with Crippen LogP contribution in [0.3, 0.4) is 0 Å². The Balaban J connectivity index is 1.30. The molecule has 4 heterocycles. The lowest BCUT2D eigenvalue weighted by molar-refractivity contribution is -0.222. The van der Waals surface area contributed by atoms with E-state index in [9.17, 15) is 8.42 Å². The Kier molecular flexibility index (Phi) is 6.63. The van der Waals surface area contributed by atoms with E-state index in [2.05, 4.69) is 4.98 Å². The van der Waals surface area contributed by atoms with Crippen LogP contribution in [-0.4, -0.2) is 47.4 Å². The van der Waals surface area contributed by atoms with Crippen molar-refractivity contribution in [1.29, 1.82) is 0 Å². The number of hydrogen-bond acceptors (Lipinski definition) is 8. The topological polar surface area (TPSA) is 92.5 Å². The number of ether oxygens (including phenoxy) is 3. The van der Waals surface area contributed by atoms with Crippen LogP contribution in [0.4, 0.5) is 0 Å². The van der Waals surface area contributed by atoms with Crippen molar-refractivity contribution in [2.75, 3.05) is 20.3 Å². The van der Waals surface area contributed by atoms with E-state index in [1.165, 1.54) is 15.3 Å². The summed E-state index contributed by atoms with van der Waals surface area (Å²) in [5.74, 6) is 0.792. The van der Waals surface area contributed by atoms with Gasteiger partial charge in [0.2, 0.25) is 10.0 Å². The van der Waals surface area contributed by atoms with Gasteiger partial charge in [0.05, 0.1) is 31.8 Å². The molecule has 1 atom stereocenters. The molecule has 0 saturated carbocycles. The summed E-state index contributed by atoms with van der Waals surface area (Å²) in [7, 11) is -2.20. The highest BCUT2D eigenvalue weighted by Crippen LogP contribution is 2.42. The highest BCUT2D eigenvalue weighted by Gasteiger charge is 2.45. The first-order chi connectivity index (χ1) is 18.7. The lowest BCUT2D eigenvalue weighted by Gasteiger charge is -2.39. The number of hydrogen-bond donors (Lipinski definition) is 0. The molecule has 1 saturated heterocycles. The zero-order chi connectivity index (χ0) is 27.3. The Hall–Kier alpha value is -3.02. The molecule has 3 aromatic heterocycles. The van der Waals surface area contributed by atoms with Gasteiger partial charge < -0.3 is 14.2 Å². The maximum Gasteiger partial charge on any atom is 0.249 e. The predicted octanol–water partition coefficient (Wildman–Crippen LogP) is 5.63. The number of allylic oxidation sites excluding steroid dienone is 3. The Morgan fingerprint density at radius 2 is 1.95 bits per heavy atom. The molecular weight excluding hydrogens is 558 g/mol. The van der Waals surface area contributed by atoms with Gasteiger partial charge in [-0.3, -0.25) is 0 Å². The minimum Gasteiger partial charge on any atom is -0.497 e. The molecular formula is C28H26ClN3O5S2. The monoisotopic (exact) mass is 583 g/mol. The third kappa shape index (κ3) is 4.50. The van der Waals surface area contributed by atoms with Crippen molar-refractivity contribution < 1.29 is 22.6 Å². The fourth-order valence-corrected chi connectivity index (χ4v) is 7.83. The molecule has 2 aliphatic rings. The third-order valence-electron chi connectivity index (χ3n) is 7.15. The minimum atomic E-state index is -3.84. The number of rotatable bonds is 8. The van der Waals surface area contributed by atoms with Crippen molar-refractivity contribution >= 4 is 44.0 Å². The van der Waals surface area contributed by atoms with Crippen LogP contribution < -0.4 is 4.74 Å². The van der Waals surface area contributed by atoms with Crippen LogP contribution in [-0.2, 0) is 31.7 Å². The second-order valence-electron chi connectivity index (χ2n) is 9.81. The molecule has 6 rings (SSSR count). The lowest BCUT2D eigenvalue weighted by atomic mass is 10.0. The van der Waals surface area contributed by atoms with Gasteiger partial charge in [0.1, 0.15) is 15.5 Å². The highest BCUT2D eigenvalue weighted by atomic mass is 35.5. The van der Waals surface area contributed by atoms with Crippen LogP contribution in [0.1, 0.15) is 23.9 Å². The number of thiazole rings is 1. The minimum absolute atomic E-state index is 0.323. The maximum atomic E-state index is 13.7. The average molecular weight is 584 g/mol. The summed E-state index contributed by atoms with van der Waals surface area (Å²) < 4.78 is 44.6. The largest absolute Gasteiger partial charge is 0.497 e. The molecule has 0 amide bonds. The Morgan fingerprint density at radius 3 is 2.64 bits per heavy atom. The van der Waals surface area contributed by atoms with Gasteiger partial charge in [-0.2, -0.15) is 0 Å². The number of benzene rings is 1. The summed E-state index contributed by atoms with van der Waals surface area (Å²) in [6.07, 6.45) is 10.4. The molecule has 0 bridgehead atoms. The molecule has 0 radical (unpaired) electrons. The van der Waals surface area contributed by atoms with E-state index in [1.807, 2.05) is 30.3 Å². The molecule has 0 spiro atoms. The van der Waals surface area contributed by atoms with Crippen molar-refractivity contribution in [2.24, 2.45) is 0 Å². The molecule has 1 aromatic carbocycles. The summed E-state index contributed by atoms with van der Waals surface area (Å²) in [6.45, 7) is 2.92. The van der Waals surface area contributed by atoms with E-state index in [4.69, 9.17) is 30.8 Å². The molecule has 11 heteroatoms. The maximum absolute atomic E-state index is 13.7. The first-order valence-corrected chi connectivity index (χ1v) is 15.0. The Morgan fingerprint density at radius 1 is 1.15 bits per heavy atom. The van der Waals surface area contributed by atoms with Gasteiger partial charge in [-0.25, -0.2) is 22.4 Å². The molecule has 4 aromatic rings. The number of pyridine rings is 1. The molecule has 1 fully saturated rings. The summed E-state index contributed by atoms with van der Waals surface area (Å²) in [4.78, 5) is 10.0. The van der Waals surface area contributed by atoms with E-state index in [0.717, 1.165) is 32.1 Å². The second-order valence-corrected chi connectivity index (χ2v) is 13.6. The van der Waals surface area contributed by atoms with E-state index in [-0.39, 0.29) is 0 Å². The average Bonchev–Trinajstić information content (AvgIpc) is 3.56. The van der Waals surface area contributed by atoms with Crippen molar-refractivity contribution in [1.82, 2.24) is 13.9 Å². The zero-order valence-corrected chi connectivity index (χ0v) is 23.7. The van der Waals surface area contributed by atoms with Crippen LogP contribution in [0.5, 0.6) is 5.75 Å². The molecule has 1 aliphatic heterocycles. The molecule has 1 aliphatic carbocycles. The van der Waals surface area contributed by atoms with Crippen LogP contribution in [0.25, 0.3) is 21.5 Å². The van der Waals surface area contributed by atoms with Gasteiger partial charge in [-0.05, 0) is 55.3 Å². The van der Waals surface area contributed by atoms with Gasteiger partial charge >= 0.3 is 0 Å². The number of halogens is 1. The number of aromatic nitrogens is 3. The van der Waals surface area contributed by atoms with E-state index >= 15 is 0 Å². The second kappa shape index (κ2) is 9.87. The first-order valence-electron chi connectivity index (χ1n) is 12.3. The van der Waals surface area contributed by atoms with E-state index < -0.39 is 20.4 Å². The normalized spacial score (nSPS) is 20.5. The van der Waals surface area contributed by atoms with Crippen LogP contribution in [0.2, 0.25) is 0 Å². The zero-order valence-electron chi connectivity index (χ0n) is 21.3. The standard InChI is InChI=1S/C28H26ClN3O5S2/c1-27(11-3-4-20(29)14-27)39(33,34)32-13-10-23-22(9-12-30-25(23)32)24-15-31-26(38-24)28(17-36-18-28)37-16-19-5-7-21(35-2)8-6-19/h3-10,12-15H,11,16-18H2,1-2H3.